The smallest absolute Gasteiger partial charge is 0.224 e. The van der Waals surface area contributed by atoms with E-state index in [2.05, 4.69) is 19.7 Å². The fraction of sp³-hybridized carbons (Fsp3) is 0.0741. The number of aromatic amines is 1. The number of rotatable bonds is 8. The highest BCUT2D eigenvalue weighted by Gasteiger charge is 2.25. The largest absolute Gasteiger partial charge is 0.481 e. The Hall–Kier alpha value is -4.58. The zero-order valence-corrected chi connectivity index (χ0v) is 21.1. The first kappa shape index (κ1) is 26.0. The molecule has 5 rings (SSSR count). The molecule has 0 saturated heterocycles. The third-order valence-corrected chi connectivity index (χ3v) is 6.66. The second-order valence-electron chi connectivity index (χ2n) is 8.12. The van der Waals surface area contributed by atoms with E-state index in [9.17, 15) is 18.0 Å². The number of halogens is 4. The van der Waals surface area contributed by atoms with Gasteiger partial charge in [-0.1, -0.05) is 0 Å². The number of anilines is 1. The molecule has 7 nitrogen and oxygen atoms in total. The van der Waals surface area contributed by atoms with Gasteiger partial charge in [-0.2, -0.15) is 4.98 Å². The summed E-state index contributed by atoms with van der Waals surface area (Å²) in [5.74, 6) is -4.07. The Bertz CT molecular complexity index is 1730. The summed E-state index contributed by atoms with van der Waals surface area (Å²) in [5.41, 5.74) is 0.259. The lowest BCUT2D eigenvalue weighted by Gasteiger charge is -2.11. The van der Waals surface area contributed by atoms with Gasteiger partial charge in [-0.25, -0.2) is 22.5 Å². The fourth-order valence-electron chi connectivity index (χ4n) is 3.89. The summed E-state index contributed by atoms with van der Waals surface area (Å²) in [6.07, 6.45) is 2.84. The molecule has 0 radical (unpaired) electrons. The lowest BCUT2D eigenvalue weighted by Crippen LogP contribution is -2.09. The van der Waals surface area contributed by atoms with Crippen molar-refractivity contribution in [2.75, 3.05) is 18.9 Å². The molecule has 0 bridgehead atoms. The molecule has 198 valence electrons. The first-order chi connectivity index (χ1) is 18.8. The molecule has 12 heteroatoms. The van der Waals surface area contributed by atoms with Crippen LogP contribution in [0.1, 0.15) is 15.9 Å². The van der Waals surface area contributed by atoms with Crippen LogP contribution in [0.2, 0.25) is 0 Å². The molecular formula is C27H18F4N4O3S. The molecule has 5 aromatic rings. The van der Waals surface area contributed by atoms with Crippen LogP contribution in [0.5, 0.6) is 11.8 Å². The summed E-state index contributed by atoms with van der Waals surface area (Å²) in [5, 5.41) is 0.309. The lowest BCUT2D eigenvalue weighted by molar-refractivity contribution is 0.103. The molecule has 0 spiro atoms. The Morgan fingerprint density at radius 1 is 0.974 bits per heavy atom. The van der Waals surface area contributed by atoms with Crippen molar-refractivity contribution in [3.05, 3.63) is 95.3 Å². The number of ketones is 1. The third kappa shape index (κ3) is 4.98. The van der Waals surface area contributed by atoms with E-state index in [0.29, 0.717) is 40.0 Å². The van der Waals surface area contributed by atoms with Gasteiger partial charge >= 0.3 is 0 Å². The van der Waals surface area contributed by atoms with E-state index < -0.39 is 34.6 Å². The SMILES string of the molecule is COc1ccc(-c2cnc3[nH]cc(C(=O)c4c(F)ccc(NSc5cc(F)ccc5F)c4F)c3c2)c(OC)n1. The first-order valence-electron chi connectivity index (χ1n) is 11.3. The van der Waals surface area contributed by atoms with Crippen LogP contribution in [0.25, 0.3) is 22.2 Å². The number of benzene rings is 2. The van der Waals surface area contributed by atoms with Gasteiger partial charge in [0.25, 0.3) is 0 Å². The Kier molecular flexibility index (Phi) is 7.11. The van der Waals surface area contributed by atoms with Crippen molar-refractivity contribution in [3.8, 4) is 22.9 Å². The molecule has 0 aliphatic rings. The van der Waals surface area contributed by atoms with Gasteiger partial charge in [0, 0.05) is 40.5 Å². The number of aromatic nitrogens is 3. The molecule has 0 fully saturated rings. The van der Waals surface area contributed by atoms with E-state index in [4.69, 9.17) is 9.47 Å². The highest BCUT2D eigenvalue weighted by Crippen LogP contribution is 2.34. The number of nitrogens with zero attached hydrogens (tertiary/aromatic N) is 2. The minimum absolute atomic E-state index is 0.0291. The number of pyridine rings is 2. The van der Waals surface area contributed by atoms with Crippen molar-refractivity contribution in [3.63, 3.8) is 0 Å². The van der Waals surface area contributed by atoms with E-state index in [1.165, 1.54) is 26.6 Å². The summed E-state index contributed by atoms with van der Waals surface area (Å²) in [4.78, 5) is 24.7. The number of H-pyrrole nitrogens is 1. The second-order valence-corrected chi connectivity index (χ2v) is 8.97. The van der Waals surface area contributed by atoms with Crippen LogP contribution in [0.3, 0.4) is 0 Å². The maximum absolute atomic E-state index is 15.4. The average molecular weight is 555 g/mol. The number of carbonyl (C=O) groups excluding carboxylic acids is 1. The molecule has 2 aromatic carbocycles. The van der Waals surface area contributed by atoms with E-state index in [1.54, 1.807) is 18.2 Å². The number of hydrogen-bond donors (Lipinski definition) is 2. The Morgan fingerprint density at radius 3 is 2.54 bits per heavy atom. The van der Waals surface area contributed by atoms with Gasteiger partial charge in [0.1, 0.15) is 23.1 Å². The van der Waals surface area contributed by atoms with Crippen LogP contribution in [0, 0.1) is 23.3 Å². The molecule has 0 unspecified atom stereocenters. The van der Waals surface area contributed by atoms with Gasteiger partial charge in [0.05, 0.1) is 30.4 Å². The second kappa shape index (κ2) is 10.7. The highest BCUT2D eigenvalue weighted by atomic mass is 32.2. The predicted octanol–water partition coefficient (Wildman–Crippen LogP) is 6.55. The molecule has 39 heavy (non-hydrogen) atoms. The van der Waals surface area contributed by atoms with Crippen molar-refractivity contribution < 1.29 is 31.8 Å². The molecule has 0 aliphatic carbocycles. The summed E-state index contributed by atoms with van der Waals surface area (Å²) in [6, 6.07) is 9.71. The molecule has 0 saturated carbocycles. The fourth-order valence-corrected chi connectivity index (χ4v) is 4.61. The standard InChI is InChI=1S/C27H18F4N4O3S/c1-37-22-8-4-15(27(34-22)38-2)13-9-16-17(12-33-26(16)32-11-13)25(36)23-19(30)6-7-20(24(23)31)35-39-21-10-14(28)3-5-18(21)29/h3-12,35H,1-2H3,(H,32,33). The minimum Gasteiger partial charge on any atom is -0.481 e. The van der Waals surface area contributed by atoms with Crippen molar-refractivity contribution in [1.82, 2.24) is 15.0 Å². The maximum atomic E-state index is 15.4. The molecule has 0 aliphatic heterocycles. The molecule has 0 atom stereocenters. The molecule has 2 N–H and O–H groups in total. The normalized spacial score (nSPS) is 11.0. The van der Waals surface area contributed by atoms with E-state index in [1.807, 2.05) is 0 Å². The third-order valence-electron chi connectivity index (χ3n) is 5.81. The van der Waals surface area contributed by atoms with Crippen LogP contribution < -0.4 is 14.2 Å². The van der Waals surface area contributed by atoms with Crippen molar-refractivity contribution in [1.29, 1.82) is 0 Å². The monoisotopic (exact) mass is 554 g/mol. The number of hydrogen-bond acceptors (Lipinski definition) is 7. The zero-order valence-electron chi connectivity index (χ0n) is 20.3. The van der Waals surface area contributed by atoms with E-state index >= 15 is 4.39 Å². The quantitative estimate of drug-likeness (QED) is 0.128. The number of ether oxygens (including phenoxy) is 2. The summed E-state index contributed by atoms with van der Waals surface area (Å²) < 4.78 is 70.6. The van der Waals surface area contributed by atoms with Gasteiger partial charge in [0.2, 0.25) is 17.5 Å². The van der Waals surface area contributed by atoms with Gasteiger partial charge in [0.15, 0.2) is 5.82 Å². The Labute approximate surface area is 223 Å². The summed E-state index contributed by atoms with van der Waals surface area (Å²) in [6.45, 7) is 0. The zero-order chi connectivity index (χ0) is 27.7. The molecule has 3 heterocycles. The molecule has 0 amide bonds. The molecular weight excluding hydrogens is 536 g/mol. The van der Waals surface area contributed by atoms with Crippen LogP contribution in [0.15, 0.2) is 65.8 Å². The van der Waals surface area contributed by atoms with Gasteiger partial charge < -0.3 is 19.2 Å². The first-order valence-corrected chi connectivity index (χ1v) is 12.1. The maximum Gasteiger partial charge on any atom is 0.224 e. The van der Waals surface area contributed by atoms with Crippen LogP contribution >= 0.6 is 11.9 Å². The Balaban J connectivity index is 1.51. The van der Waals surface area contributed by atoms with Crippen molar-refractivity contribution >= 4 is 34.5 Å². The van der Waals surface area contributed by atoms with Gasteiger partial charge in [-0.05, 0) is 54.4 Å². The summed E-state index contributed by atoms with van der Waals surface area (Å²) >= 11 is 0.579. The number of fused-ring (bicyclic) bond motifs is 1. The Morgan fingerprint density at radius 2 is 1.77 bits per heavy atom. The average Bonchev–Trinajstić information content (AvgIpc) is 3.37. The van der Waals surface area contributed by atoms with Crippen LogP contribution in [0.4, 0.5) is 23.2 Å². The number of methoxy groups -OCH3 is 2. The highest BCUT2D eigenvalue weighted by molar-refractivity contribution is 8.00. The van der Waals surface area contributed by atoms with E-state index in [-0.39, 0.29) is 22.0 Å². The van der Waals surface area contributed by atoms with Gasteiger partial charge in [-0.3, -0.25) is 4.79 Å². The topological polar surface area (TPSA) is 89.1 Å². The minimum atomic E-state index is -1.19. The summed E-state index contributed by atoms with van der Waals surface area (Å²) in [7, 11) is 2.91. The number of carbonyl (C=O) groups is 1. The van der Waals surface area contributed by atoms with E-state index in [0.717, 1.165) is 30.3 Å². The lowest BCUT2D eigenvalue weighted by atomic mass is 10.00. The van der Waals surface area contributed by atoms with Gasteiger partial charge in [-0.15, -0.1) is 0 Å². The predicted molar refractivity (Wildman–Crippen MR) is 138 cm³/mol. The number of nitrogens with one attached hydrogen (secondary N) is 2. The molecule has 3 aromatic heterocycles. The van der Waals surface area contributed by atoms with Crippen LogP contribution in [-0.4, -0.2) is 35.0 Å². The van der Waals surface area contributed by atoms with Crippen molar-refractivity contribution in [2.24, 2.45) is 0 Å². The van der Waals surface area contributed by atoms with Crippen molar-refractivity contribution in [2.45, 2.75) is 4.90 Å². The van der Waals surface area contributed by atoms with Crippen LogP contribution in [-0.2, 0) is 0 Å².